The number of nitrogens with zero attached hydrogens (tertiary/aromatic N) is 4. The van der Waals surface area contributed by atoms with Crippen molar-refractivity contribution < 1.29 is 9.53 Å². The fourth-order valence-electron chi connectivity index (χ4n) is 4.22. The largest absolute Gasteiger partial charge is 0.462 e. The van der Waals surface area contributed by atoms with Gasteiger partial charge in [-0.25, -0.2) is 19.7 Å². The molecule has 0 atom stereocenters. The number of hydrogen-bond donors (Lipinski definition) is 1. The molecule has 162 valence electrons. The number of H-pyrrole nitrogens is 1. The van der Waals surface area contributed by atoms with Crippen molar-refractivity contribution >= 4 is 22.8 Å². The summed E-state index contributed by atoms with van der Waals surface area (Å²) in [6.07, 6.45) is 3.44. The van der Waals surface area contributed by atoms with Crippen molar-refractivity contribution in [3.8, 4) is 11.4 Å². The molecule has 0 radical (unpaired) electrons. The molecule has 1 aliphatic rings. The number of aromatic nitrogens is 4. The van der Waals surface area contributed by atoms with Gasteiger partial charge in [-0.2, -0.15) is 0 Å². The summed E-state index contributed by atoms with van der Waals surface area (Å²) >= 11 is 0. The van der Waals surface area contributed by atoms with Crippen molar-refractivity contribution in [3.63, 3.8) is 0 Å². The molecule has 2 aromatic heterocycles. The molecule has 7 heteroatoms. The van der Waals surface area contributed by atoms with E-state index in [1.807, 2.05) is 48.5 Å². The highest BCUT2D eigenvalue weighted by molar-refractivity contribution is 5.95. The van der Waals surface area contributed by atoms with Gasteiger partial charge >= 0.3 is 5.97 Å². The number of ether oxygens (including phenoxy) is 1. The summed E-state index contributed by atoms with van der Waals surface area (Å²) < 4.78 is 5.27. The average molecular weight is 428 g/mol. The van der Waals surface area contributed by atoms with E-state index in [-0.39, 0.29) is 5.97 Å². The second-order valence-electron chi connectivity index (χ2n) is 7.92. The number of imidazole rings is 1. The van der Waals surface area contributed by atoms with Gasteiger partial charge in [-0.15, -0.1) is 0 Å². The Bertz CT molecular complexity index is 1200. The van der Waals surface area contributed by atoms with Crippen LogP contribution in [0, 0.1) is 0 Å². The lowest BCUT2D eigenvalue weighted by atomic mass is 9.96. The third-order valence-corrected chi connectivity index (χ3v) is 5.88. The molecule has 0 spiro atoms. The number of benzene rings is 2. The summed E-state index contributed by atoms with van der Waals surface area (Å²) in [6, 6.07) is 17.9. The first-order chi connectivity index (χ1) is 15.7. The number of rotatable bonds is 5. The van der Waals surface area contributed by atoms with Crippen molar-refractivity contribution in [1.82, 2.24) is 19.9 Å². The maximum atomic E-state index is 12.6. The molecule has 7 nitrogen and oxygen atoms in total. The van der Waals surface area contributed by atoms with Crippen LogP contribution in [0.2, 0.25) is 0 Å². The summed E-state index contributed by atoms with van der Waals surface area (Å²) in [6.45, 7) is 3.67. The zero-order chi connectivity index (χ0) is 21.9. The number of fused-ring (bicyclic) bond motifs is 1. The number of carbonyl (C=O) groups excluding carboxylic acids is 1. The molecule has 32 heavy (non-hydrogen) atoms. The predicted octanol–water partition coefficient (Wildman–Crippen LogP) is 4.58. The first-order valence-electron chi connectivity index (χ1n) is 11.0. The lowest BCUT2D eigenvalue weighted by Gasteiger charge is -2.33. The Balaban J connectivity index is 1.41. The van der Waals surface area contributed by atoms with Gasteiger partial charge in [0, 0.05) is 30.8 Å². The van der Waals surface area contributed by atoms with Crippen molar-refractivity contribution in [2.75, 3.05) is 24.6 Å². The minimum atomic E-state index is -0.387. The van der Waals surface area contributed by atoms with E-state index in [2.05, 4.69) is 20.9 Å². The third-order valence-electron chi connectivity index (χ3n) is 5.88. The number of aromatic amines is 1. The van der Waals surface area contributed by atoms with Gasteiger partial charge < -0.3 is 14.6 Å². The second kappa shape index (κ2) is 8.78. The Hall–Kier alpha value is -3.74. The number of para-hydroxylation sites is 2. The molecule has 1 fully saturated rings. The Labute approximate surface area is 186 Å². The number of hydrogen-bond acceptors (Lipinski definition) is 6. The maximum absolute atomic E-state index is 12.6. The predicted molar refractivity (Wildman–Crippen MR) is 124 cm³/mol. The molecule has 4 aromatic rings. The topological polar surface area (TPSA) is 84.0 Å². The summed E-state index contributed by atoms with van der Waals surface area (Å²) in [5, 5.41) is 0. The molecular weight excluding hydrogens is 402 g/mol. The quantitative estimate of drug-likeness (QED) is 0.469. The SMILES string of the molecule is CCOC(=O)c1cnc(-c2ccccc2)nc1N1CCC(c2nc3ccccc3[nH]2)CC1. The van der Waals surface area contributed by atoms with Crippen LogP contribution in [0.4, 0.5) is 5.82 Å². The van der Waals surface area contributed by atoms with Gasteiger partial charge in [-0.05, 0) is 31.9 Å². The fraction of sp³-hybridized carbons (Fsp3) is 0.280. The highest BCUT2D eigenvalue weighted by atomic mass is 16.5. The molecule has 5 rings (SSSR count). The first-order valence-corrected chi connectivity index (χ1v) is 11.0. The molecule has 1 N–H and O–H groups in total. The number of piperidine rings is 1. The minimum absolute atomic E-state index is 0.312. The molecule has 0 bridgehead atoms. The van der Waals surface area contributed by atoms with Crippen molar-refractivity contribution in [3.05, 3.63) is 72.2 Å². The van der Waals surface area contributed by atoms with Crippen LogP contribution in [0.5, 0.6) is 0 Å². The van der Waals surface area contributed by atoms with E-state index in [0.29, 0.717) is 29.7 Å². The monoisotopic (exact) mass is 427 g/mol. The number of carbonyl (C=O) groups is 1. The molecule has 1 aliphatic heterocycles. The molecule has 0 amide bonds. The summed E-state index contributed by atoms with van der Waals surface area (Å²) in [5.74, 6) is 2.24. The van der Waals surface area contributed by atoms with Gasteiger partial charge in [0.05, 0.1) is 17.6 Å². The van der Waals surface area contributed by atoms with Gasteiger partial charge in [-0.1, -0.05) is 42.5 Å². The molecule has 2 aromatic carbocycles. The van der Waals surface area contributed by atoms with Gasteiger partial charge in [0.25, 0.3) is 0 Å². The van der Waals surface area contributed by atoms with Gasteiger partial charge in [0.2, 0.25) is 0 Å². The van der Waals surface area contributed by atoms with Crippen LogP contribution in [-0.2, 0) is 4.74 Å². The maximum Gasteiger partial charge on any atom is 0.343 e. The van der Waals surface area contributed by atoms with Crippen LogP contribution in [0.1, 0.15) is 41.9 Å². The van der Waals surface area contributed by atoms with Crippen LogP contribution < -0.4 is 4.90 Å². The Kier molecular flexibility index (Phi) is 5.54. The van der Waals surface area contributed by atoms with E-state index in [0.717, 1.165) is 48.4 Å². The van der Waals surface area contributed by atoms with Gasteiger partial charge in [-0.3, -0.25) is 0 Å². The molecular formula is C25H25N5O2. The van der Waals surface area contributed by atoms with E-state index in [1.165, 1.54) is 0 Å². The Morgan fingerprint density at radius 3 is 2.56 bits per heavy atom. The Morgan fingerprint density at radius 1 is 1.06 bits per heavy atom. The highest BCUT2D eigenvalue weighted by Crippen LogP contribution is 2.32. The molecule has 0 saturated carbocycles. The van der Waals surface area contributed by atoms with Gasteiger partial charge in [0.15, 0.2) is 5.82 Å². The normalized spacial score (nSPS) is 14.6. The van der Waals surface area contributed by atoms with E-state index >= 15 is 0 Å². The molecule has 0 unspecified atom stereocenters. The van der Waals surface area contributed by atoms with Crippen molar-refractivity contribution in [1.29, 1.82) is 0 Å². The van der Waals surface area contributed by atoms with Crippen LogP contribution in [0.3, 0.4) is 0 Å². The lowest BCUT2D eigenvalue weighted by Crippen LogP contribution is -2.35. The summed E-state index contributed by atoms with van der Waals surface area (Å²) in [5.41, 5.74) is 3.39. The molecule has 1 saturated heterocycles. The first kappa shape index (κ1) is 20.2. The molecule has 0 aliphatic carbocycles. The highest BCUT2D eigenvalue weighted by Gasteiger charge is 2.27. The van der Waals surface area contributed by atoms with Crippen LogP contribution in [-0.4, -0.2) is 45.6 Å². The number of anilines is 1. The number of nitrogens with one attached hydrogen (secondary N) is 1. The van der Waals surface area contributed by atoms with Gasteiger partial charge in [0.1, 0.15) is 17.2 Å². The Morgan fingerprint density at radius 2 is 1.81 bits per heavy atom. The van der Waals surface area contributed by atoms with E-state index in [4.69, 9.17) is 14.7 Å². The van der Waals surface area contributed by atoms with Crippen LogP contribution >= 0.6 is 0 Å². The lowest BCUT2D eigenvalue weighted by molar-refractivity contribution is 0.0526. The smallest absolute Gasteiger partial charge is 0.343 e. The fourth-order valence-corrected chi connectivity index (χ4v) is 4.22. The molecule has 3 heterocycles. The zero-order valence-corrected chi connectivity index (χ0v) is 18.0. The zero-order valence-electron chi connectivity index (χ0n) is 18.0. The van der Waals surface area contributed by atoms with Crippen molar-refractivity contribution in [2.24, 2.45) is 0 Å². The number of esters is 1. The summed E-state index contributed by atoms with van der Waals surface area (Å²) in [4.78, 5) is 32.2. The second-order valence-corrected chi connectivity index (χ2v) is 7.92. The minimum Gasteiger partial charge on any atom is -0.462 e. The third kappa shape index (κ3) is 3.93. The standard InChI is InChI=1S/C25H25N5O2/c1-2-32-25(31)19-16-26-22(17-8-4-3-5-9-17)29-24(19)30-14-12-18(13-15-30)23-27-20-10-6-7-11-21(20)28-23/h3-11,16,18H,2,12-15H2,1H3,(H,27,28). The van der Waals surface area contributed by atoms with Crippen molar-refractivity contribution in [2.45, 2.75) is 25.7 Å². The van der Waals surface area contributed by atoms with Crippen LogP contribution in [0.25, 0.3) is 22.4 Å². The van der Waals surface area contributed by atoms with E-state index in [9.17, 15) is 4.79 Å². The summed E-state index contributed by atoms with van der Waals surface area (Å²) in [7, 11) is 0. The average Bonchev–Trinajstić information content (AvgIpc) is 3.29. The van der Waals surface area contributed by atoms with E-state index < -0.39 is 0 Å². The van der Waals surface area contributed by atoms with Crippen LogP contribution in [0.15, 0.2) is 60.8 Å². The van der Waals surface area contributed by atoms with E-state index in [1.54, 1.807) is 13.1 Å².